The minimum atomic E-state index is 0.448. The maximum atomic E-state index is 5.30. The quantitative estimate of drug-likeness (QED) is 0.778. The molecule has 3 rings (SSSR count). The number of hydrogen-bond donors (Lipinski definition) is 1. The molecule has 1 unspecified atom stereocenters. The molecule has 1 aliphatic carbocycles. The first kappa shape index (κ1) is 13.0. The highest BCUT2D eigenvalue weighted by atomic mass is 79.9. The normalized spacial score (nSPS) is 18.1. The van der Waals surface area contributed by atoms with Crippen LogP contribution in [0.2, 0.25) is 0 Å². The number of rotatable bonds is 1. The van der Waals surface area contributed by atoms with E-state index in [1.54, 1.807) is 0 Å². The lowest BCUT2D eigenvalue weighted by Gasteiger charge is -2.24. The van der Waals surface area contributed by atoms with E-state index in [0.717, 1.165) is 35.3 Å². The first-order chi connectivity index (χ1) is 9.15. The third-order valence-electron chi connectivity index (χ3n) is 3.79. The van der Waals surface area contributed by atoms with Crippen molar-refractivity contribution in [2.75, 3.05) is 0 Å². The summed E-state index contributed by atoms with van der Waals surface area (Å²) in [4.78, 5) is 7.93. The zero-order valence-corrected chi connectivity index (χ0v) is 13.1. The molecule has 4 heteroatoms. The smallest absolute Gasteiger partial charge is 0.144 e. The minimum absolute atomic E-state index is 0.448. The van der Waals surface area contributed by atoms with Gasteiger partial charge >= 0.3 is 0 Å². The molecular weight excluding hydrogens is 320 g/mol. The van der Waals surface area contributed by atoms with E-state index in [-0.39, 0.29) is 0 Å². The zero-order chi connectivity index (χ0) is 13.4. The van der Waals surface area contributed by atoms with Crippen molar-refractivity contribution in [3.05, 3.63) is 56.0 Å². The lowest BCUT2D eigenvalue weighted by atomic mass is 9.83. The molecule has 0 bridgehead atoms. The Hall–Kier alpha value is -1.00. The van der Waals surface area contributed by atoms with Crippen molar-refractivity contribution in [1.82, 2.24) is 9.97 Å². The van der Waals surface area contributed by atoms with Crippen LogP contribution in [0.1, 0.15) is 35.0 Å². The second-order valence-corrected chi connectivity index (χ2v) is 6.25. The number of H-pyrrole nitrogens is 1. The zero-order valence-electron chi connectivity index (χ0n) is 10.7. The molecule has 1 aromatic heterocycles. The summed E-state index contributed by atoms with van der Waals surface area (Å²) < 4.78 is 1.56. The monoisotopic (exact) mass is 334 g/mol. The van der Waals surface area contributed by atoms with Crippen LogP contribution in [0.5, 0.6) is 0 Å². The molecule has 2 nitrogen and oxygen atoms in total. The Kier molecular flexibility index (Phi) is 3.54. The van der Waals surface area contributed by atoms with Gasteiger partial charge in [-0.3, -0.25) is 0 Å². The maximum absolute atomic E-state index is 5.30. The van der Waals surface area contributed by atoms with E-state index < -0.39 is 0 Å². The summed E-state index contributed by atoms with van der Waals surface area (Å²) in [6.07, 6.45) is 3.31. The van der Waals surface area contributed by atoms with E-state index in [9.17, 15) is 0 Å². The number of fused-ring (bicyclic) bond motifs is 1. The Morgan fingerprint density at radius 1 is 1.32 bits per heavy atom. The summed E-state index contributed by atoms with van der Waals surface area (Å²) in [6.45, 7) is 2.03. The molecule has 1 aliphatic rings. The molecule has 98 valence electrons. The van der Waals surface area contributed by atoms with Gasteiger partial charge in [-0.2, -0.15) is 0 Å². The van der Waals surface area contributed by atoms with Gasteiger partial charge in [-0.15, -0.1) is 0 Å². The number of aromatic amines is 1. The number of nitrogens with zero attached hydrogens (tertiary/aromatic N) is 1. The van der Waals surface area contributed by atoms with Crippen molar-refractivity contribution in [2.45, 2.75) is 32.1 Å². The molecule has 1 N–H and O–H groups in total. The highest BCUT2D eigenvalue weighted by Crippen LogP contribution is 2.31. The first-order valence-corrected chi connectivity index (χ1v) is 7.68. The number of halogens is 1. The van der Waals surface area contributed by atoms with Crippen LogP contribution in [0.15, 0.2) is 28.7 Å². The van der Waals surface area contributed by atoms with E-state index in [1.807, 2.05) is 6.92 Å². The molecule has 0 fully saturated rings. The van der Waals surface area contributed by atoms with Crippen LogP contribution < -0.4 is 0 Å². The largest absolute Gasteiger partial charge is 0.346 e. The van der Waals surface area contributed by atoms with Crippen LogP contribution in [-0.4, -0.2) is 9.97 Å². The molecule has 0 aliphatic heterocycles. The Morgan fingerprint density at radius 3 is 2.79 bits per heavy atom. The van der Waals surface area contributed by atoms with Crippen molar-refractivity contribution in [1.29, 1.82) is 0 Å². The molecule has 1 heterocycles. The summed E-state index contributed by atoms with van der Waals surface area (Å²) in [5.41, 5.74) is 3.99. The van der Waals surface area contributed by atoms with E-state index in [0.29, 0.717) is 10.6 Å². The van der Waals surface area contributed by atoms with Gasteiger partial charge in [-0.05, 0) is 53.2 Å². The SMILES string of the molecule is Cc1[nH]c(C2CCc3ccccc3C2)nc(=S)c1Br. The van der Waals surface area contributed by atoms with Crippen LogP contribution in [0.4, 0.5) is 0 Å². The molecule has 0 radical (unpaired) electrons. The van der Waals surface area contributed by atoms with Gasteiger partial charge in [0.25, 0.3) is 0 Å². The first-order valence-electron chi connectivity index (χ1n) is 6.48. The third-order valence-corrected chi connectivity index (χ3v) is 5.32. The number of aryl methyl sites for hydroxylation is 2. The highest BCUT2D eigenvalue weighted by molar-refractivity contribution is 9.10. The van der Waals surface area contributed by atoms with Crippen LogP contribution in [0.3, 0.4) is 0 Å². The Morgan fingerprint density at radius 2 is 2.05 bits per heavy atom. The van der Waals surface area contributed by atoms with Crippen molar-refractivity contribution in [2.24, 2.45) is 0 Å². The van der Waals surface area contributed by atoms with Gasteiger partial charge in [-0.25, -0.2) is 4.98 Å². The van der Waals surface area contributed by atoms with Gasteiger partial charge in [0.15, 0.2) is 0 Å². The lowest BCUT2D eigenvalue weighted by molar-refractivity contribution is 0.552. The Balaban J connectivity index is 1.95. The highest BCUT2D eigenvalue weighted by Gasteiger charge is 2.22. The number of benzene rings is 1. The molecular formula is C15H15BrN2S. The van der Waals surface area contributed by atoms with E-state index in [1.165, 1.54) is 11.1 Å². The molecule has 0 spiro atoms. The van der Waals surface area contributed by atoms with Gasteiger partial charge in [0.05, 0.1) is 4.47 Å². The van der Waals surface area contributed by atoms with Gasteiger partial charge in [0.1, 0.15) is 10.5 Å². The standard InChI is InChI=1S/C15H15BrN2S/c1-9-13(16)15(19)18-14(17-9)12-7-6-10-4-2-3-5-11(10)8-12/h2-5,12H,6-8H2,1H3,(H,17,18,19). The second-order valence-electron chi connectivity index (χ2n) is 5.07. The van der Waals surface area contributed by atoms with Crippen molar-refractivity contribution >= 4 is 28.1 Å². The predicted molar refractivity (Wildman–Crippen MR) is 83.1 cm³/mol. The molecule has 0 saturated heterocycles. The van der Waals surface area contributed by atoms with E-state index in [2.05, 4.69) is 50.2 Å². The van der Waals surface area contributed by atoms with E-state index in [4.69, 9.17) is 12.2 Å². The van der Waals surface area contributed by atoms with Gasteiger partial charge in [-0.1, -0.05) is 36.5 Å². The lowest BCUT2D eigenvalue weighted by Crippen LogP contribution is -2.15. The third kappa shape index (κ3) is 2.51. The summed E-state index contributed by atoms with van der Waals surface area (Å²) in [5.74, 6) is 1.48. The number of hydrogen-bond acceptors (Lipinski definition) is 2. The fourth-order valence-electron chi connectivity index (χ4n) is 2.72. The summed E-state index contributed by atoms with van der Waals surface area (Å²) in [6, 6.07) is 8.69. The molecule has 0 amide bonds. The van der Waals surface area contributed by atoms with Crippen molar-refractivity contribution in [3.8, 4) is 0 Å². The summed E-state index contributed by atoms with van der Waals surface area (Å²) in [5, 5.41) is 0. The number of aromatic nitrogens is 2. The Bertz CT molecular complexity index is 678. The topological polar surface area (TPSA) is 28.7 Å². The minimum Gasteiger partial charge on any atom is -0.346 e. The van der Waals surface area contributed by atoms with Crippen molar-refractivity contribution < 1.29 is 0 Å². The van der Waals surface area contributed by atoms with Crippen LogP contribution in [-0.2, 0) is 12.8 Å². The van der Waals surface area contributed by atoms with Crippen LogP contribution in [0, 0.1) is 11.6 Å². The number of nitrogens with one attached hydrogen (secondary N) is 1. The molecule has 19 heavy (non-hydrogen) atoms. The van der Waals surface area contributed by atoms with Crippen LogP contribution in [0.25, 0.3) is 0 Å². The van der Waals surface area contributed by atoms with Crippen LogP contribution >= 0.6 is 28.1 Å². The molecule has 0 saturated carbocycles. The Labute approximate surface area is 126 Å². The second kappa shape index (κ2) is 5.17. The van der Waals surface area contributed by atoms with Crippen molar-refractivity contribution in [3.63, 3.8) is 0 Å². The predicted octanol–water partition coefficient (Wildman–Crippen LogP) is 4.48. The average molecular weight is 335 g/mol. The molecule has 2 aromatic rings. The van der Waals surface area contributed by atoms with Gasteiger partial charge in [0, 0.05) is 11.6 Å². The van der Waals surface area contributed by atoms with Gasteiger partial charge in [0.2, 0.25) is 0 Å². The van der Waals surface area contributed by atoms with E-state index >= 15 is 0 Å². The fourth-order valence-corrected chi connectivity index (χ4v) is 3.16. The molecule has 1 atom stereocenters. The van der Waals surface area contributed by atoms with Gasteiger partial charge < -0.3 is 4.98 Å². The summed E-state index contributed by atoms with van der Waals surface area (Å²) >= 11 is 8.76. The molecule has 1 aromatic carbocycles. The summed E-state index contributed by atoms with van der Waals surface area (Å²) in [7, 11) is 0. The maximum Gasteiger partial charge on any atom is 0.144 e. The fraction of sp³-hybridized carbons (Fsp3) is 0.333. The average Bonchev–Trinajstić information content (AvgIpc) is 2.43.